The molecule has 1 aromatic rings. The van der Waals surface area contributed by atoms with Crippen molar-refractivity contribution in [1.29, 1.82) is 0 Å². The maximum Gasteiger partial charge on any atom is 0.340 e. The molecule has 0 radical (unpaired) electrons. The number of aryl methyl sites for hydroxylation is 1. The third kappa shape index (κ3) is 3.93. The summed E-state index contributed by atoms with van der Waals surface area (Å²) in [5, 5.41) is 4.52. The van der Waals surface area contributed by atoms with Crippen LogP contribution in [0.3, 0.4) is 0 Å². The number of rotatable bonds is 2. The Hall–Kier alpha value is -1.18. The summed E-state index contributed by atoms with van der Waals surface area (Å²) in [5.74, 6) is -0.353. The molecule has 21 heavy (non-hydrogen) atoms. The Kier molecular flexibility index (Phi) is 5.18. The molecular formula is C14H20N2O3S2. The zero-order valence-electron chi connectivity index (χ0n) is 12.6. The van der Waals surface area contributed by atoms with Gasteiger partial charge in [0.05, 0.1) is 24.9 Å². The lowest BCUT2D eigenvalue weighted by Crippen LogP contribution is -2.49. The molecule has 0 aliphatic carbocycles. The number of carbonyl (C=O) groups is 1. The predicted octanol–water partition coefficient (Wildman–Crippen LogP) is 2.65. The zero-order chi connectivity index (χ0) is 15.6. The van der Waals surface area contributed by atoms with Gasteiger partial charge in [0, 0.05) is 18.0 Å². The number of hydrogen-bond acceptors (Lipinski definition) is 5. The van der Waals surface area contributed by atoms with Crippen LogP contribution in [0.2, 0.25) is 0 Å². The minimum Gasteiger partial charge on any atom is -0.465 e. The van der Waals surface area contributed by atoms with Crippen molar-refractivity contribution >= 4 is 39.6 Å². The van der Waals surface area contributed by atoms with E-state index in [-0.39, 0.29) is 18.2 Å². The normalized spacial score (nSPS) is 22.0. The quantitative estimate of drug-likeness (QED) is 0.665. The molecule has 0 spiro atoms. The predicted molar refractivity (Wildman–Crippen MR) is 88.2 cm³/mol. The monoisotopic (exact) mass is 328 g/mol. The van der Waals surface area contributed by atoms with Crippen LogP contribution in [0.15, 0.2) is 6.07 Å². The van der Waals surface area contributed by atoms with Gasteiger partial charge in [-0.1, -0.05) is 0 Å². The van der Waals surface area contributed by atoms with Crippen LogP contribution in [-0.4, -0.2) is 48.4 Å². The molecule has 5 nitrogen and oxygen atoms in total. The summed E-state index contributed by atoms with van der Waals surface area (Å²) < 4.78 is 10.5. The number of anilines is 1. The lowest BCUT2D eigenvalue weighted by molar-refractivity contribution is -0.0473. The molecule has 2 heterocycles. The van der Waals surface area contributed by atoms with Gasteiger partial charge in [-0.2, -0.15) is 0 Å². The topological polar surface area (TPSA) is 50.8 Å². The van der Waals surface area contributed by atoms with E-state index in [0.717, 1.165) is 23.0 Å². The van der Waals surface area contributed by atoms with Crippen molar-refractivity contribution < 1.29 is 14.3 Å². The third-order valence-electron chi connectivity index (χ3n) is 3.19. The minimum atomic E-state index is -0.353. The highest BCUT2D eigenvalue weighted by atomic mass is 32.1. The van der Waals surface area contributed by atoms with Gasteiger partial charge in [0.1, 0.15) is 5.00 Å². The molecule has 2 unspecified atom stereocenters. The van der Waals surface area contributed by atoms with Crippen LogP contribution < -0.4 is 5.32 Å². The first-order chi connectivity index (χ1) is 9.90. The van der Waals surface area contributed by atoms with Crippen molar-refractivity contribution in [2.45, 2.75) is 33.0 Å². The number of nitrogens with zero attached hydrogens (tertiary/aromatic N) is 1. The molecule has 7 heteroatoms. The highest BCUT2D eigenvalue weighted by Crippen LogP contribution is 2.28. The molecule has 1 N–H and O–H groups in total. The Bertz CT molecular complexity index is 534. The largest absolute Gasteiger partial charge is 0.465 e. The number of hydrogen-bond donors (Lipinski definition) is 1. The molecule has 2 atom stereocenters. The molecule has 2 rings (SSSR count). The Morgan fingerprint density at radius 1 is 1.48 bits per heavy atom. The number of thiophene rings is 1. The van der Waals surface area contributed by atoms with Gasteiger partial charge < -0.3 is 19.7 Å². The number of nitrogens with one attached hydrogen (secondary N) is 1. The van der Waals surface area contributed by atoms with E-state index in [0.29, 0.717) is 10.7 Å². The van der Waals surface area contributed by atoms with Crippen LogP contribution in [0, 0.1) is 6.92 Å². The number of methoxy groups -OCH3 is 1. The molecule has 1 saturated heterocycles. The lowest BCUT2D eigenvalue weighted by atomic mass is 10.2. The van der Waals surface area contributed by atoms with Gasteiger partial charge in [-0.05, 0) is 39.1 Å². The van der Waals surface area contributed by atoms with Gasteiger partial charge in [0.25, 0.3) is 0 Å². The van der Waals surface area contributed by atoms with E-state index in [1.165, 1.54) is 18.4 Å². The van der Waals surface area contributed by atoms with E-state index in [1.54, 1.807) is 0 Å². The van der Waals surface area contributed by atoms with Gasteiger partial charge >= 0.3 is 5.97 Å². The molecule has 0 bridgehead atoms. The van der Waals surface area contributed by atoms with Crippen LogP contribution in [-0.2, 0) is 9.47 Å². The van der Waals surface area contributed by atoms with Gasteiger partial charge in [0.15, 0.2) is 5.11 Å². The molecule has 0 aromatic carbocycles. The number of carbonyl (C=O) groups excluding carboxylic acids is 1. The van der Waals surface area contributed by atoms with Crippen LogP contribution in [0.25, 0.3) is 0 Å². The second-order valence-electron chi connectivity index (χ2n) is 5.18. The molecule has 0 saturated carbocycles. The van der Waals surface area contributed by atoms with Gasteiger partial charge in [0.2, 0.25) is 0 Å². The summed E-state index contributed by atoms with van der Waals surface area (Å²) in [5.41, 5.74) is 0.525. The fraction of sp³-hybridized carbons (Fsp3) is 0.571. The number of thiocarbonyl (C=S) groups is 1. The molecule has 1 aliphatic rings. The first kappa shape index (κ1) is 16.2. The summed E-state index contributed by atoms with van der Waals surface area (Å²) >= 11 is 6.96. The Labute approximate surface area is 134 Å². The summed E-state index contributed by atoms with van der Waals surface area (Å²) in [6, 6.07) is 1.81. The minimum absolute atomic E-state index is 0.138. The van der Waals surface area contributed by atoms with Crippen molar-refractivity contribution in [3.05, 3.63) is 16.5 Å². The molecule has 1 fully saturated rings. The van der Waals surface area contributed by atoms with E-state index < -0.39 is 0 Å². The smallest absolute Gasteiger partial charge is 0.340 e. The summed E-state index contributed by atoms with van der Waals surface area (Å²) in [7, 11) is 1.38. The van der Waals surface area contributed by atoms with Crippen LogP contribution in [0.4, 0.5) is 5.00 Å². The standard InChI is InChI=1S/C14H20N2O3S2/c1-8-6-16(7-9(2)19-8)14(20)15-12-11(13(17)18-4)5-10(3)21-12/h5,8-9H,6-7H2,1-4H3,(H,15,20). The van der Waals surface area contributed by atoms with Crippen LogP contribution >= 0.6 is 23.6 Å². The molecule has 0 amide bonds. The Balaban J connectivity index is 2.11. The number of ether oxygens (including phenoxy) is 2. The SMILES string of the molecule is COC(=O)c1cc(C)sc1NC(=S)N1CC(C)OC(C)C1. The maximum absolute atomic E-state index is 11.8. The number of esters is 1. The Morgan fingerprint density at radius 3 is 2.67 bits per heavy atom. The Morgan fingerprint density at radius 2 is 2.10 bits per heavy atom. The van der Waals surface area contributed by atoms with E-state index >= 15 is 0 Å². The maximum atomic E-state index is 11.8. The van der Waals surface area contributed by atoms with E-state index in [2.05, 4.69) is 10.2 Å². The molecule has 1 aromatic heterocycles. The average molecular weight is 328 g/mol. The third-order valence-corrected chi connectivity index (χ3v) is 4.51. The van der Waals surface area contributed by atoms with Gasteiger partial charge in [-0.25, -0.2) is 4.79 Å². The van der Waals surface area contributed by atoms with Crippen molar-refractivity contribution in [1.82, 2.24) is 4.90 Å². The highest BCUT2D eigenvalue weighted by Gasteiger charge is 2.25. The first-order valence-electron chi connectivity index (χ1n) is 6.80. The van der Waals surface area contributed by atoms with E-state index in [1.807, 2.05) is 26.8 Å². The molecule has 1 aliphatic heterocycles. The van der Waals surface area contributed by atoms with Crippen molar-refractivity contribution in [3.8, 4) is 0 Å². The summed E-state index contributed by atoms with van der Waals surface area (Å²) in [6.45, 7) is 7.49. The summed E-state index contributed by atoms with van der Waals surface area (Å²) in [4.78, 5) is 14.9. The number of morpholine rings is 1. The zero-order valence-corrected chi connectivity index (χ0v) is 14.3. The second kappa shape index (κ2) is 6.72. The first-order valence-corrected chi connectivity index (χ1v) is 8.03. The van der Waals surface area contributed by atoms with Crippen molar-refractivity contribution in [2.75, 3.05) is 25.5 Å². The van der Waals surface area contributed by atoms with Crippen molar-refractivity contribution in [2.24, 2.45) is 0 Å². The highest BCUT2D eigenvalue weighted by molar-refractivity contribution is 7.80. The second-order valence-corrected chi connectivity index (χ2v) is 6.83. The van der Waals surface area contributed by atoms with Crippen LogP contribution in [0.1, 0.15) is 29.1 Å². The van der Waals surface area contributed by atoms with Crippen LogP contribution in [0.5, 0.6) is 0 Å². The van der Waals surface area contributed by atoms with Gasteiger partial charge in [-0.15, -0.1) is 11.3 Å². The molecular weight excluding hydrogens is 308 g/mol. The van der Waals surface area contributed by atoms with Crippen molar-refractivity contribution in [3.63, 3.8) is 0 Å². The van der Waals surface area contributed by atoms with Gasteiger partial charge in [-0.3, -0.25) is 0 Å². The average Bonchev–Trinajstić information content (AvgIpc) is 2.77. The fourth-order valence-electron chi connectivity index (χ4n) is 2.39. The lowest BCUT2D eigenvalue weighted by Gasteiger charge is -2.36. The fourth-order valence-corrected chi connectivity index (χ4v) is 3.60. The van der Waals surface area contributed by atoms with E-state index in [4.69, 9.17) is 21.7 Å². The van der Waals surface area contributed by atoms with E-state index in [9.17, 15) is 4.79 Å². The summed E-state index contributed by atoms with van der Waals surface area (Å²) in [6.07, 6.45) is 0.275. The molecule has 116 valence electrons.